The molecule has 3 rings (SSSR count). The summed E-state index contributed by atoms with van der Waals surface area (Å²) < 4.78 is 79.9. The Morgan fingerprint density at radius 3 is 2.31 bits per heavy atom. The highest BCUT2D eigenvalue weighted by molar-refractivity contribution is 7.89. The Morgan fingerprint density at radius 1 is 1.06 bits per heavy atom. The molecule has 1 amide bonds. The van der Waals surface area contributed by atoms with Crippen molar-refractivity contribution < 1.29 is 30.8 Å². The number of nitrogens with zero attached hydrogens (tertiary/aromatic N) is 2. The van der Waals surface area contributed by atoms with E-state index in [1.807, 2.05) is 6.92 Å². The zero-order valence-corrected chi connectivity index (χ0v) is 18.7. The van der Waals surface area contributed by atoms with Crippen molar-refractivity contribution in [2.24, 2.45) is 0 Å². The van der Waals surface area contributed by atoms with Crippen molar-refractivity contribution in [3.05, 3.63) is 59.4 Å². The van der Waals surface area contributed by atoms with E-state index in [-0.39, 0.29) is 36.7 Å². The molecular formula is C20H22ClF4N3O3S. The third-order valence-electron chi connectivity index (χ3n) is 5.04. The second-order valence-electron chi connectivity index (χ2n) is 7.02. The normalized spacial score (nSPS) is 15.8. The molecule has 2 aromatic rings. The average Bonchev–Trinajstić information content (AvgIpc) is 2.73. The van der Waals surface area contributed by atoms with Crippen LogP contribution in [0.1, 0.15) is 22.8 Å². The van der Waals surface area contributed by atoms with Crippen LogP contribution < -0.4 is 5.32 Å². The minimum atomic E-state index is -4.58. The van der Waals surface area contributed by atoms with E-state index in [0.717, 1.165) is 47.2 Å². The summed E-state index contributed by atoms with van der Waals surface area (Å²) in [5, 5.41) is 2.29. The summed E-state index contributed by atoms with van der Waals surface area (Å²) in [5.74, 6) is -1.86. The summed E-state index contributed by atoms with van der Waals surface area (Å²) in [7, 11) is -4.18. The second-order valence-corrected chi connectivity index (χ2v) is 8.92. The summed E-state index contributed by atoms with van der Waals surface area (Å²) in [6, 6.07) is 6.85. The van der Waals surface area contributed by atoms with E-state index in [0.29, 0.717) is 13.1 Å². The number of halogens is 5. The molecule has 6 nitrogen and oxygen atoms in total. The van der Waals surface area contributed by atoms with Gasteiger partial charge < -0.3 is 10.2 Å². The predicted molar refractivity (Wildman–Crippen MR) is 114 cm³/mol. The summed E-state index contributed by atoms with van der Waals surface area (Å²) in [6.07, 6.45) is -4.58. The first-order chi connectivity index (χ1) is 14.5. The molecule has 12 heteroatoms. The molecule has 32 heavy (non-hydrogen) atoms. The minimum Gasteiger partial charge on any atom is -0.322 e. The second kappa shape index (κ2) is 10.2. The monoisotopic (exact) mass is 495 g/mol. The Hall–Kier alpha value is -2.21. The number of rotatable bonds is 5. The van der Waals surface area contributed by atoms with Crippen molar-refractivity contribution in [2.75, 3.05) is 38.0 Å². The molecule has 0 unspecified atom stereocenters. The van der Waals surface area contributed by atoms with Crippen LogP contribution in [0.15, 0.2) is 47.4 Å². The van der Waals surface area contributed by atoms with Crippen LogP contribution in [0.25, 0.3) is 0 Å². The maximum atomic E-state index is 14.4. The van der Waals surface area contributed by atoms with Crippen LogP contribution in [0.2, 0.25) is 0 Å². The van der Waals surface area contributed by atoms with Gasteiger partial charge >= 0.3 is 6.18 Å². The SMILES string of the molecule is CCN1CCN(S(=O)(=O)c2cc(C(=O)Nc3cccc(C(F)(F)F)c3)ccc2F)CC1.Cl. The maximum absolute atomic E-state index is 14.4. The van der Waals surface area contributed by atoms with Gasteiger partial charge in [-0.2, -0.15) is 17.5 Å². The first kappa shape index (κ1) is 26.0. The molecule has 1 heterocycles. The van der Waals surface area contributed by atoms with Gasteiger partial charge in [-0.3, -0.25) is 4.79 Å². The number of benzene rings is 2. The lowest BCUT2D eigenvalue weighted by molar-refractivity contribution is -0.137. The van der Waals surface area contributed by atoms with Gasteiger partial charge in [0.2, 0.25) is 10.0 Å². The quantitative estimate of drug-likeness (QED) is 0.640. The highest BCUT2D eigenvalue weighted by atomic mass is 35.5. The number of anilines is 1. The van der Waals surface area contributed by atoms with Crippen LogP contribution in [-0.2, 0) is 16.2 Å². The number of piperazine rings is 1. The number of carbonyl (C=O) groups excluding carboxylic acids is 1. The molecule has 1 fully saturated rings. The Bertz CT molecular complexity index is 1070. The van der Waals surface area contributed by atoms with Crippen LogP contribution in [-0.4, -0.2) is 56.3 Å². The molecule has 1 aliphatic rings. The molecule has 0 aliphatic carbocycles. The van der Waals surface area contributed by atoms with Crippen LogP contribution in [0.3, 0.4) is 0 Å². The number of amides is 1. The van der Waals surface area contributed by atoms with Crippen molar-refractivity contribution in [1.29, 1.82) is 0 Å². The fraction of sp³-hybridized carbons (Fsp3) is 0.350. The summed E-state index contributed by atoms with van der Waals surface area (Å²) in [4.78, 5) is 13.9. The number of nitrogens with one attached hydrogen (secondary N) is 1. The van der Waals surface area contributed by atoms with E-state index in [2.05, 4.69) is 10.2 Å². The first-order valence-corrected chi connectivity index (χ1v) is 11.0. The van der Waals surface area contributed by atoms with E-state index >= 15 is 0 Å². The van der Waals surface area contributed by atoms with Gasteiger partial charge in [0, 0.05) is 37.4 Å². The third-order valence-corrected chi connectivity index (χ3v) is 6.95. The topological polar surface area (TPSA) is 69.7 Å². The van der Waals surface area contributed by atoms with Gasteiger partial charge in [0.15, 0.2) is 0 Å². The fourth-order valence-corrected chi connectivity index (χ4v) is 4.76. The van der Waals surface area contributed by atoms with Crippen LogP contribution >= 0.6 is 12.4 Å². The molecule has 0 saturated carbocycles. The molecule has 0 spiro atoms. The van der Waals surface area contributed by atoms with E-state index in [1.165, 1.54) is 6.07 Å². The van der Waals surface area contributed by atoms with Gasteiger partial charge in [0.05, 0.1) is 5.56 Å². The van der Waals surface area contributed by atoms with Crippen LogP contribution in [0, 0.1) is 5.82 Å². The number of likely N-dealkylation sites (N-methyl/N-ethyl adjacent to an activating group) is 1. The standard InChI is InChI=1S/C20H21F4N3O3S.ClH/c1-2-26-8-10-27(11-9-26)31(29,30)18-12-14(6-7-17(18)21)19(28)25-16-5-3-4-15(13-16)20(22,23)24;/h3-7,12-13H,2,8-11H2,1H3,(H,25,28);1H. The molecule has 2 aromatic carbocycles. The van der Waals surface area contributed by atoms with Crippen molar-refractivity contribution >= 4 is 34.0 Å². The molecule has 0 aromatic heterocycles. The Labute approximate surface area is 189 Å². The Balaban J connectivity index is 0.00000363. The average molecular weight is 496 g/mol. The van der Waals surface area contributed by atoms with Gasteiger partial charge in [-0.25, -0.2) is 12.8 Å². The molecule has 1 aliphatic heterocycles. The van der Waals surface area contributed by atoms with Crippen molar-refractivity contribution in [2.45, 2.75) is 18.0 Å². The highest BCUT2D eigenvalue weighted by Gasteiger charge is 2.32. The Kier molecular flexibility index (Phi) is 8.27. The molecule has 0 radical (unpaired) electrons. The number of alkyl halides is 3. The predicted octanol–water partition coefficient (Wildman–Crippen LogP) is 3.84. The van der Waals surface area contributed by atoms with Crippen molar-refractivity contribution in [3.8, 4) is 0 Å². The summed E-state index contributed by atoms with van der Waals surface area (Å²) in [6.45, 7) is 4.12. The zero-order valence-electron chi connectivity index (χ0n) is 17.0. The van der Waals surface area contributed by atoms with E-state index in [1.54, 1.807) is 0 Å². The van der Waals surface area contributed by atoms with Gasteiger partial charge in [-0.1, -0.05) is 13.0 Å². The third kappa shape index (κ3) is 5.77. The van der Waals surface area contributed by atoms with Crippen LogP contribution in [0.5, 0.6) is 0 Å². The molecule has 176 valence electrons. The Morgan fingerprint density at radius 2 is 1.72 bits per heavy atom. The minimum absolute atomic E-state index is 0. The zero-order chi connectivity index (χ0) is 22.8. The lowest BCUT2D eigenvalue weighted by Crippen LogP contribution is -2.48. The fourth-order valence-electron chi connectivity index (χ4n) is 3.24. The summed E-state index contributed by atoms with van der Waals surface area (Å²) >= 11 is 0. The van der Waals surface area contributed by atoms with E-state index < -0.39 is 38.4 Å². The summed E-state index contributed by atoms with van der Waals surface area (Å²) in [5.41, 5.74) is -1.26. The molecule has 1 N–H and O–H groups in total. The lowest BCUT2D eigenvalue weighted by Gasteiger charge is -2.33. The number of carbonyl (C=O) groups is 1. The van der Waals surface area contributed by atoms with Crippen molar-refractivity contribution in [3.63, 3.8) is 0 Å². The van der Waals surface area contributed by atoms with Gasteiger partial charge in [-0.15, -0.1) is 12.4 Å². The van der Waals surface area contributed by atoms with Crippen molar-refractivity contribution in [1.82, 2.24) is 9.21 Å². The molecular weight excluding hydrogens is 474 g/mol. The van der Waals surface area contributed by atoms with E-state index in [9.17, 15) is 30.8 Å². The van der Waals surface area contributed by atoms with Gasteiger partial charge in [0.25, 0.3) is 5.91 Å². The first-order valence-electron chi connectivity index (χ1n) is 9.53. The van der Waals surface area contributed by atoms with Crippen LogP contribution in [0.4, 0.5) is 23.2 Å². The number of hydrogen-bond acceptors (Lipinski definition) is 4. The van der Waals surface area contributed by atoms with Gasteiger partial charge in [-0.05, 0) is 42.9 Å². The molecule has 1 saturated heterocycles. The van der Waals surface area contributed by atoms with Gasteiger partial charge in [0.1, 0.15) is 10.7 Å². The number of sulfonamides is 1. The highest BCUT2D eigenvalue weighted by Crippen LogP contribution is 2.31. The molecule has 0 bridgehead atoms. The maximum Gasteiger partial charge on any atom is 0.416 e. The smallest absolute Gasteiger partial charge is 0.322 e. The molecule has 0 atom stereocenters. The van der Waals surface area contributed by atoms with E-state index in [4.69, 9.17) is 0 Å². The lowest BCUT2D eigenvalue weighted by atomic mass is 10.1. The number of hydrogen-bond donors (Lipinski definition) is 1. The largest absolute Gasteiger partial charge is 0.416 e.